The number of unbranched alkanes of at least 4 members (excludes halogenated alkanes) is 1. The van der Waals surface area contributed by atoms with Gasteiger partial charge in [0.15, 0.2) is 6.29 Å². The molecule has 2 rings (SSSR count). The first-order valence-electron chi connectivity index (χ1n) is 14.8. The molecular formula is C27H52NO14P. The van der Waals surface area contributed by atoms with E-state index < -0.39 is 75.2 Å². The van der Waals surface area contributed by atoms with E-state index in [0.29, 0.717) is 32.2 Å². The maximum atomic E-state index is 12.7. The smallest absolute Gasteiger partial charge is 0.394 e. The zero-order valence-corrected chi connectivity index (χ0v) is 26.9. The average Bonchev–Trinajstić information content (AvgIpc) is 3.23. The van der Waals surface area contributed by atoms with E-state index in [0.717, 1.165) is 0 Å². The molecule has 1 amide bonds. The lowest BCUT2D eigenvalue weighted by atomic mass is 9.99. The third-order valence-corrected chi connectivity index (χ3v) is 8.12. The molecule has 16 heteroatoms. The first-order valence-corrected chi connectivity index (χ1v) is 16.3. The molecule has 0 aliphatic carbocycles. The van der Waals surface area contributed by atoms with Crippen LogP contribution in [0.25, 0.3) is 0 Å². The Labute approximate surface area is 253 Å². The van der Waals surface area contributed by atoms with Crippen molar-refractivity contribution in [3.8, 4) is 0 Å². The zero-order valence-electron chi connectivity index (χ0n) is 26.0. The number of amides is 1. The maximum Gasteiger partial charge on any atom is 0.473 e. The summed E-state index contributed by atoms with van der Waals surface area (Å²) in [5.74, 6) is -0.159. The van der Waals surface area contributed by atoms with Crippen molar-refractivity contribution in [2.24, 2.45) is 0 Å². The monoisotopic (exact) mass is 645 g/mol. The van der Waals surface area contributed by atoms with Gasteiger partial charge in [-0.2, -0.15) is 0 Å². The van der Waals surface area contributed by atoms with Crippen molar-refractivity contribution in [3.05, 3.63) is 0 Å². The van der Waals surface area contributed by atoms with Gasteiger partial charge in [0.25, 0.3) is 0 Å². The van der Waals surface area contributed by atoms with Crippen molar-refractivity contribution < 1.29 is 67.4 Å². The van der Waals surface area contributed by atoms with E-state index in [2.05, 4.69) is 5.32 Å². The molecule has 2 saturated heterocycles. The van der Waals surface area contributed by atoms with E-state index in [1.54, 1.807) is 20.8 Å². The molecule has 0 aromatic carbocycles. The Hall–Kier alpha value is -0.780. The summed E-state index contributed by atoms with van der Waals surface area (Å²) >= 11 is 0. The number of methoxy groups -OCH3 is 1. The van der Waals surface area contributed by atoms with Crippen molar-refractivity contribution in [2.45, 2.75) is 134 Å². The Bertz CT molecular complexity index is 871. The van der Waals surface area contributed by atoms with Crippen LogP contribution in [0.5, 0.6) is 0 Å². The molecule has 0 spiro atoms. The van der Waals surface area contributed by atoms with Crippen molar-refractivity contribution in [1.82, 2.24) is 5.32 Å². The summed E-state index contributed by atoms with van der Waals surface area (Å²) in [5, 5.41) is 41.7. The number of hydrogen-bond donors (Lipinski definition) is 6. The van der Waals surface area contributed by atoms with Crippen LogP contribution in [0.15, 0.2) is 0 Å². The highest BCUT2D eigenvalue weighted by atomic mass is 31.2. The second-order valence-corrected chi connectivity index (χ2v) is 13.4. The Morgan fingerprint density at radius 2 is 1.67 bits per heavy atom. The largest absolute Gasteiger partial charge is 0.473 e. The minimum absolute atomic E-state index is 0.0921. The van der Waals surface area contributed by atoms with Gasteiger partial charge in [-0.15, -0.1) is 0 Å². The zero-order chi connectivity index (χ0) is 32.4. The Morgan fingerprint density at radius 1 is 0.977 bits per heavy atom. The van der Waals surface area contributed by atoms with Gasteiger partial charge in [-0.05, 0) is 60.3 Å². The van der Waals surface area contributed by atoms with Crippen LogP contribution >= 0.6 is 7.82 Å². The summed E-state index contributed by atoms with van der Waals surface area (Å²) in [5.41, 5.74) is -0.912. The molecule has 2 unspecified atom stereocenters. The highest BCUT2D eigenvalue weighted by Crippen LogP contribution is 2.51. The lowest BCUT2D eigenvalue weighted by Gasteiger charge is -2.39. The van der Waals surface area contributed by atoms with E-state index in [-0.39, 0.29) is 31.6 Å². The van der Waals surface area contributed by atoms with Gasteiger partial charge in [-0.3, -0.25) is 13.8 Å². The van der Waals surface area contributed by atoms with Gasteiger partial charge in [0.05, 0.1) is 31.0 Å². The van der Waals surface area contributed by atoms with E-state index in [9.17, 15) is 34.7 Å². The number of carbonyl (C=O) groups excluding carboxylic acids is 1. The van der Waals surface area contributed by atoms with Gasteiger partial charge in [0.1, 0.15) is 42.7 Å². The predicted octanol–water partition coefficient (Wildman–Crippen LogP) is 0.378. The standard InChI is InChI=1S/C27H52NO14P/c1-16(2)38-15-19-25(41-43(34,35)42-27(3,4)5)24(36-6)17(39-19)10-9-12-28-20(30)11-7-8-13-37-26-23(33)22(32)21(31)18(14-29)40-26/h16-19,21-26,29,31-33H,7-15H2,1-6H3,(H,28,30)(H,34,35)/t17-,18+,19+,21+,22-,23-,24+,25?,26-/m0/s1. The second-order valence-electron chi connectivity index (χ2n) is 12.1. The van der Waals surface area contributed by atoms with Gasteiger partial charge in [-0.1, -0.05) is 0 Å². The normalized spacial score (nSPS) is 33.1. The lowest BCUT2D eigenvalue weighted by molar-refractivity contribution is -0.301. The summed E-state index contributed by atoms with van der Waals surface area (Å²) in [6.45, 7) is 8.78. The molecule has 0 radical (unpaired) electrons. The first kappa shape index (κ1) is 38.4. The van der Waals surface area contributed by atoms with Gasteiger partial charge in [-0.25, -0.2) is 4.57 Å². The van der Waals surface area contributed by atoms with E-state index in [4.69, 9.17) is 32.7 Å². The minimum atomic E-state index is -4.44. The molecule has 6 N–H and O–H groups in total. The fraction of sp³-hybridized carbons (Fsp3) is 0.963. The number of aliphatic hydroxyl groups is 4. The van der Waals surface area contributed by atoms with Gasteiger partial charge >= 0.3 is 7.82 Å². The van der Waals surface area contributed by atoms with Crippen molar-refractivity contribution >= 4 is 13.7 Å². The topological polar surface area (TPSA) is 212 Å². The number of hydrogen-bond acceptors (Lipinski definition) is 13. The molecule has 254 valence electrons. The highest BCUT2D eigenvalue weighted by molar-refractivity contribution is 7.47. The Morgan fingerprint density at radius 3 is 2.28 bits per heavy atom. The minimum Gasteiger partial charge on any atom is -0.394 e. The molecule has 0 saturated carbocycles. The fourth-order valence-electron chi connectivity index (χ4n) is 4.80. The average molecular weight is 646 g/mol. The summed E-state index contributed by atoms with van der Waals surface area (Å²) in [7, 11) is -2.97. The number of rotatable bonds is 18. The molecule has 15 nitrogen and oxygen atoms in total. The van der Waals surface area contributed by atoms with Gasteiger partial charge in [0, 0.05) is 26.7 Å². The third-order valence-electron chi connectivity index (χ3n) is 6.83. The fourth-order valence-corrected chi connectivity index (χ4v) is 6.10. The number of phosphoric ester groups is 1. The van der Waals surface area contributed by atoms with Crippen LogP contribution in [0.4, 0.5) is 0 Å². The summed E-state index contributed by atoms with van der Waals surface area (Å²) in [6, 6.07) is 0. The van der Waals surface area contributed by atoms with Crippen molar-refractivity contribution in [1.29, 1.82) is 0 Å². The molecule has 2 heterocycles. The maximum absolute atomic E-state index is 12.7. The van der Waals surface area contributed by atoms with Crippen LogP contribution in [0, 0.1) is 0 Å². The number of phosphoric acid groups is 1. The molecule has 43 heavy (non-hydrogen) atoms. The number of nitrogens with one attached hydrogen (secondary N) is 1. The summed E-state index contributed by atoms with van der Waals surface area (Å²) in [4.78, 5) is 22.7. The Kier molecular flexibility index (Phi) is 15.9. The molecule has 0 aromatic rings. The van der Waals surface area contributed by atoms with Crippen LogP contribution in [0.1, 0.15) is 66.7 Å². The van der Waals surface area contributed by atoms with E-state index in [1.165, 1.54) is 7.11 Å². The Balaban J connectivity index is 1.75. The van der Waals surface area contributed by atoms with Gasteiger partial charge in [0.2, 0.25) is 5.91 Å². The van der Waals surface area contributed by atoms with Crippen LogP contribution in [0.3, 0.4) is 0 Å². The van der Waals surface area contributed by atoms with Crippen molar-refractivity contribution in [2.75, 3.05) is 33.5 Å². The van der Waals surface area contributed by atoms with E-state index >= 15 is 0 Å². The quantitative estimate of drug-likeness (QED) is 0.0879. The first-order chi connectivity index (χ1) is 20.1. The van der Waals surface area contributed by atoms with Crippen molar-refractivity contribution in [3.63, 3.8) is 0 Å². The van der Waals surface area contributed by atoms with E-state index in [1.807, 2.05) is 13.8 Å². The van der Waals surface area contributed by atoms with Crippen LogP contribution < -0.4 is 5.32 Å². The van der Waals surface area contributed by atoms with Gasteiger partial charge < -0.3 is 54.3 Å². The number of carbonyl (C=O) groups is 1. The predicted molar refractivity (Wildman–Crippen MR) is 152 cm³/mol. The molecule has 2 aliphatic rings. The highest BCUT2D eigenvalue weighted by Gasteiger charge is 2.49. The number of aliphatic hydroxyl groups excluding tert-OH is 4. The molecule has 10 atom stereocenters. The molecular weight excluding hydrogens is 593 g/mol. The molecule has 0 aromatic heterocycles. The SMILES string of the molecule is CO[C@H]1C(OP(=O)(O)OC(C)(C)C)[C@@H](COC(C)C)O[C@H]1CCCNC(=O)CCCCO[C@H]1O[C@H](CO)[C@@H](O)[C@H](O)[C@@H]1O. The summed E-state index contributed by atoms with van der Waals surface area (Å²) < 4.78 is 51.7. The lowest BCUT2D eigenvalue weighted by Crippen LogP contribution is -2.59. The number of ether oxygens (including phenoxy) is 5. The molecule has 0 bridgehead atoms. The van der Waals surface area contributed by atoms with Crippen LogP contribution in [0.2, 0.25) is 0 Å². The third kappa shape index (κ3) is 12.9. The van der Waals surface area contributed by atoms with Crippen LogP contribution in [-0.4, -0.2) is 132 Å². The summed E-state index contributed by atoms with van der Waals surface area (Å²) in [6.07, 6.45) is -7.22. The second kappa shape index (κ2) is 17.8. The molecule has 2 aliphatic heterocycles. The van der Waals surface area contributed by atoms with Crippen LogP contribution in [-0.2, 0) is 42.1 Å². The molecule has 2 fully saturated rings.